The maximum atomic E-state index is 12.1. The Morgan fingerprint density at radius 3 is 2.60 bits per heavy atom. The van der Waals surface area contributed by atoms with Crippen molar-refractivity contribution in [1.82, 2.24) is 10.2 Å². The molecule has 0 radical (unpaired) electrons. The molecule has 1 rings (SSSR count). The van der Waals surface area contributed by atoms with Crippen LogP contribution in [-0.2, 0) is 14.3 Å². The van der Waals surface area contributed by atoms with Crippen molar-refractivity contribution in [3.8, 4) is 0 Å². The number of amides is 3. The van der Waals surface area contributed by atoms with E-state index in [9.17, 15) is 14.4 Å². The van der Waals surface area contributed by atoms with Crippen LogP contribution in [0.2, 0.25) is 0 Å². The fourth-order valence-corrected chi connectivity index (χ4v) is 2.01. The molecule has 4 N–H and O–H groups in total. The lowest BCUT2D eigenvalue weighted by atomic mass is 10.0. The summed E-state index contributed by atoms with van der Waals surface area (Å²) in [5.74, 6) is -1.65. The quantitative estimate of drug-likeness (QED) is 0.622. The highest BCUT2D eigenvalue weighted by Gasteiger charge is 2.33. The highest BCUT2D eigenvalue weighted by molar-refractivity contribution is 5.88. The molecule has 0 aromatic rings. The molecule has 0 aromatic heterocycles. The second-order valence-corrected chi connectivity index (χ2v) is 5.16. The van der Waals surface area contributed by atoms with E-state index < -0.39 is 30.0 Å². The predicted octanol–water partition coefficient (Wildman–Crippen LogP) is -0.619. The Morgan fingerprint density at radius 2 is 2.10 bits per heavy atom. The summed E-state index contributed by atoms with van der Waals surface area (Å²) < 4.78 is 5.10. The lowest BCUT2D eigenvalue weighted by Crippen LogP contribution is -2.59. The average Bonchev–Trinajstić information content (AvgIpc) is 2.37. The van der Waals surface area contributed by atoms with Crippen molar-refractivity contribution in [2.75, 3.05) is 19.8 Å². The number of rotatable bonds is 5. The van der Waals surface area contributed by atoms with Gasteiger partial charge < -0.3 is 25.8 Å². The fourth-order valence-electron chi connectivity index (χ4n) is 2.01. The van der Waals surface area contributed by atoms with Gasteiger partial charge in [0, 0.05) is 6.54 Å². The van der Waals surface area contributed by atoms with Crippen molar-refractivity contribution < 1.29 is 24.2 Å². The molecule has 1 aliphatic rings. The number of carbonyl (C=O) groups excluding carboxylic acids is 2. The second kappa shape index (κ2) is 7.09. The van der Waals surface area contributed by atoms with Crippen molar-refractivity contribution in [3.05, 3.63) is 0 Å². The number of primary amides is 1. The molecule has 1 aliphatic heterocycles. The number of hydrogen-bond acceptors (Lipinski definition) is 4. The predicted molar refractivity (Wildman–Crippen MR) is 69.9 cm³/mol. The molecule has 8 nitrogen and oxygen atoms in total. The van der Waals surface area contributed by atoms with Gasteiger partial charge in [-0.3, -0.25) is 4.79 Å². The van der Waals surface area contributed by atoms with Crippen LogP contribution in [0.25, 0.3) is 0 Å². The molecule has 8 heteroatoms. The second-order valence-electron chi connectivity index (χ2n) is 5.16. The number of urea groups is 1. The molecule has 2 atom stereocenters. The monoisotopic (exact) mass is 287 g/mol. The molecule has 0 aromatic carbocycles. The Morgan fingerprint density at radius 1 is 1.45 bits per heavy atom. The minimum atomic E-state index is -1.10. The van der Waals surface area contributed by atoms with Gasteiger partial charge in [-0.2, -0.15) is 0 Å². The van der Waals surface area contributed by atoms with E-state index in [0.29, 0.717) is 13.0 Å². The molecule has 20 heavy (non-hydrogen) atoms. The van der Waals surface area contributed by atoms with Crippen molar-refractivity contribution >= 4 is 17.9 Å². The molecule has 1 heterocycles. The molecule has 3 amide bonds. The smallest absolute Gasteiger partial charge is 0.326 e. The first kappa shape index (κ1) is 16.2. The number of aliphatic carboxylic acids is 1. The maximum absolute atomic E-state index is 12.1. The van der Waals surface area contributed by atoms with Gasteiger partial charge in [0.15, 0.2) is 0 Å². The zero-order chi connectivity index (χ0) is 15.3. The van der Waals surface area contributed by atoms with Crippen LogP contribution in [0.4, 0.5) is 4.79 Å². The number of ether oxygens (including phenoxy) is 1. The van der Waals surface area contributed by atoms with Gasteiger partial charge in [0.25, 0.3) is 0 Å². The van der Waals surface area contributed by atoms with Gasteiger partial charge in [0.05, 0.1) is 13.2 Å². The van der Waals surface area contributed by atoms with E-state index in [2.05, 4.69) is 5.32 Å². The van der Waals surface area contributed by atoms with E-state index in [-0.39, 0.29) is 19.1 Å². The van der Waals surface area contributed by atoms with Gasteiger partial charge >= 0.3 is 12.0 Å². The summed E-state index contributed by atoms with van der Waals surface area (Å²) in [5.41, 5.74) is 5.21. The van der Waals surface area contributed by atoms with Gasteiger partial charge in [0.2, 0.25) is 5.91 Å². The van der Waals surface area contributed by atoms with Crippen LogP contribution in [0.1, 0.15) is 20.3 Å². The molecular weight excluding hydrogens is 266 g/mol. The number of hydrogen-bond donors (Lipinski definition) is 3. The summed E-state index contributed by atoms with van der Waals surface area (Å²) in [5, 5.41) is 11.5. The standard InChI is InChI=1S/C12H21N3O5/c1-7(2)5-8(11(17)18)14-12(19)15-3-4-20-6-9(15)10(13)16/h7-9H,3-6H2,1-2H3,(H2,13,16)(H,14,19)(H,17,18)/t8-,9?/m1/s1. The summed E-state index contributed by atoms with van der Waals surface area (Å²) in [7, 11) is 0. The molecule has 114 valence electrons. The van der Waals surface area contributed by atoms with Gasteiger partial charge in [0.1, 0.15) is 12.1 Å². The van der Waals surface area contributed by atoms with Crippen LogP contribution in [0.5, 0.6) is 0 Å². The summed E-state index contributed by atoms with van der Waals surface area (Å²) in [6.07, 6.45) is 0.312. The first-order chi connectivity index (χ1) is 9.32. The lowest BCUT2D eigenvalue weighted by molar-refractivity contribution is -0.139. The molecule has 1 fully saturated rings. The fraction of sp³-hybridized carbons (Fsp3) is 0.750. The van der Waals surface area contributed by atoms with Crippen LogP contribution < -0.4 is 11.1 Å². The van der Waals surface area contributed by atoms with Crippen LogP contribution in [0.3, 0.4) is 0 Å². The molecule has 1 unspecified atom stereocenters. The number of nitrogens with zero attached hydrogens (tertiary/aromatic N) is 1. The molecule has 0 aliphatic carbocycles. The van der Waals surface area contributed by atoms with Crippen LogP contribution in [0, 0.1) is 5.92 Å². The Hall–Kier alpha value is -1.83. The van der Waals surface area contributed by atoms with Gasteiger partial charge in [-0.25, -0.2) is 9.59 Å². The average molecular weight is 287 g/mol. The zero-order valence-corrected chi connectivity index (χ0v) is 11.7. The topological polar surface area (TPSA) is 122 Å². The number of nitrogens with one attached hydrogen (secondary N) is 1. The third-order valence-corrected chi connectivity index (χ3v) is 3.02. The molecule has 0 bridgehead atoms. The Labute approximate surface area is 117 Å². The molecule has 0 spiro atoms. The summed E-state index contributed by atoms with van der Waals surface area (Å²) in [6, 6.07) is -2.46. The van der Waals surface area contributed by atoms with Crippen LogP contribution in [-0.4, -0.2) is 59.8 Å². The number of morpholine rings is 1. The lowest BCUT2D eigenvalue weighted by Gasteiger charge is -2.34. The van der Waals surface area contributed by atoms with Crippen molar-refractivity contribution in [2.45, 2.75) is 32.4 Å². The normalized spacial score (nSPS) is 20.6. The maximum Gasteiger partial charge on any atom is 0.326 e. The number of carboxylic acid groups (broad SMARTS) is 1. The third-order valence-electron chi connectivity index (χ3n) is 3.02. The van der Waals surface area contributed by atoms with E-state index in [4.69, 9.17) is 15.6 Å². The summed E-state index contributed by atoms with van der Waals surface area (Å²) in [6.45, 7) is 4.25. The number of nitrogens with two attached hydrogens (primary N) is 1. The SMILES string of the molecule is CC(C)C[C@@H](NC(=O)N1CCOCC1C(N)=O)C(=O)O. The van der Waals surface area contributed by atoms with Crippen molar-refractivity contribution in [1.29, 1.82) is 0 Å². The van der Waals surface area contributed by atoms with Crippen molar-refractivity contribution in [3.63, 3.8) is 0 Å². The summed E-state index contributed by atoms with van der Waals surface area (Å²) in [4.78, 5) is 35.7. The molecular formula is C12H21N3O5. The van der Waals surface area contributed by atoms with Gasteiger partial charge in [-0.05, 0) is 12.3 Å². The van der Waals surface area contributed by atoms with E-state index in [1.807, 2.05) is 13.8 Å². The first-order valence-corrected chi connectivity index (χ1v) is 6.50. The first-order valence-electron chi connectivity index (χ1n) is 6.50. The highest BCUT2D eigenvalue weighted by Crippen LogP contribution is 2.10. The largest absolute Gasteiger partial charge is 0.480 e. The Balaban J connectivity index is 2.71. The molecule has 0 saturated carbocycles. The van der Waals surface area contributed by atoms with Gasteiger partial charge in [-0.1, -0.05) is 13.8 Å². The Kier molecular flexibility index (Phi) is 5.75. The van der Waals surface area contributed by atoms with Crippen LogP contribution in [0.15, 0.2) is 0 Å². The van der Waals surface area contributed by atoms with Crippen LogP contribution >= 0.6 is 0 Å². The number of carbonyl (C=O) groups is 3. The van der Waals surface area contributed by atoms with E-state index in [0.717, 1.165) is 0 Å². The minimum absolute atomic E-state index is 0.0324. The highest BCUT2D eigenvalue weighted by atomic mass is 16.5. The Bertz CT molecular complexity index is 385. The van der Waals surface area contributed by atoms with E-state index in [1.54, 1.807) is 0 Å². The zero-order valence-electron chi connectivity index (χ0n) is 11.7. The van der Waals surface area contributed by atoms with E-state index in [1.165, 1.54) is 4.90 Å². The minimum Gasteiger partial charge on any atom is -0.480 e. The van der Waals surface area contributed by atoms with Crippen molar-refractivity contribution in [2.24, 2.45) is 11.7 Å². The third kappa shape index (κ3) is 4.37. The summed E-state index contributed by atoms with van der Waals surface area (Å²) >= 11 is 0. The number of carboxylic acids is 1. The molecule has 1 saturated heterocycles. The van der Waals surface area contributed by atoms with Gasteiger partial charge in [-0.15, -0.1) is 0 Å². The van der Waals surface area contributed by atoms with E-state index >= 15 is 0 Å².